The van der Waals surface area contributed by atoms with E-state index in [2.05, 4.69) is 0 Å². The number of nitro benzene ring substituents is 1. The van der Waals surface area contributed by atoms with Crippen molar-refractivity contribution in [2.45, 2.75) is 12.8 Å². The minimum atomic E-state index is -3.27. The quantitative estimate of drug-likeness (QED) is 0.623. The maximum Gasteiger partial charge on any atom is 0.272 e. The number of hydrogen-bond acceptors (Lipinski definition) is 5. The number of nitro groups is 1. The zero-order valence-corrected chi connectivity index (χ0v) is 11.2. The van der Waals surface area contributed by atoms with Gasteiger partial charge in [-0.15, -0.1) is 0 Å². The second-order valence-corrected chi connectivity index (χ2v) is 7.17. The summed E-state index contributed by atoms with van der Waals surface area (Å²) in [5, 5.41) is 19.9. The molecule has 6 nitrogen and oxygen atoms in total. The molecule has 2 rings (SSSR count). The van der Waals surface area contributed by atoms with Gasteiger partial charge in [0.25, 0.3) is 5.69 Å². The van der Waals surface area contributed by atoms with Crippen molar-refractivity contribution < 1.29 is 17.7 Å². The molecule has 0 spiro atoms. The van der Waals surface area contributed by atoms with Crippen LogP contribution >= 0.6 is 0 Å². The predicted molar refractivity (Wildman–Crippen MR) is 68.1 cm³/mol. The van der Waals surface area contributed by atoms with E-state index in [1.165, 1.54) is 6.07 Å². The van der Waals surface area contributed by atoms with Crippen LogP contribution in [0.15, 0.2) is 18.2 Å². The first-order valence-electron chi connectivity index (χ1n) is 5.81. The second kappa shape index (κ2) is 4.83. The fourth-order valence-electron chi connectivity index (χ4n) is 2.41. The molecular weight excluding hydrogens is 287 g/mol. The fourth-order valence-corrected chi connectivity index (χ4v) is 4.41. The zero-order chi connectivity index (χ0) is 15.0. The van der Waals surface area contributed by atoms with Gasteiger partial charge in [0.05, 0.1) is 34.0 Å². The summed E-state index contributed by atoms with van der Waals surface area (Å²) in [6, 6.07) is 5.03. The van der Waals surface area contributed by atoms with E-state index in [-0.39, 0.29) is 29.9 Å². The van der Waals surface area contributed by atoms with Gasteiger partial charge in [-0.2, -0.15) is 5.26 Å². The van der Waals surface area contributed by atoms with Crippen LogP contribution in [0.4, 0.5) is 10.1 Å². The van der Waals surface area contributed by atoms with Gasteiger partial charge in [0.1, 0.15) is 5.82 Å². The first-order chi connectivity index (χ1) is 9.25. The maximum absolute atomic E-state index is 13.3. The monoisotopic (exact) mass is 298 g/mol. The molecule has 1 saturated heterocycles. The first kappa shape index (κ1) is 14.4. The van der Waals surface area contributed by atoms with E-state index in [9.17, 15) is 28.2 Å². The van der Waals surface area contributed by atoms with Gasteiger partial charge in [0.15, 0.2) is 9.84 Å². The molecule has 0 radical (unpaired) electrons. The third-order valence-corrected chi connectivity index (χ3v) is 5.14. The highest BCUT2D eigenvalue weighted by atomic mass is 32.2. The van der Waals surface area contributed by atoms with Crippen molar-refractivity contribution in [1.29, 1.82) is 5.26 Å². The van der Waals surface area contributed by atoms with Crippen molar-refractivity contribution in [1.82, 2.24) is 0 Å². The highest BCUT2D eigenvalue weighted by Gasteiger charge is 2.42. The Bertz CT molecular complexity index is 711. The van der Waals surface area contributed by atoms with Crippen molar-refractivity contribution in [2.24, 2.45) is 5.41 Å². The number of sulfone groups is 1. The van der Waals surface area contributed by atoms with Gasteiger partial charge >= 0.3 is 0 Å². The predicted octanol–water partition coefficient (Wildman–Crippen LogP) is 1.60. The highest BCUT2D eigenvalue weighted by Crippen LogP contribution is 2.35. The van der Waals surface area contributed by atoms with Crippen LogP contribution in [0.5, 0.6) is 0 Å². The van der Waals surface area contributed by atoms with Gasteiger partial charge in [-0.1, -0.05) is 0 Å². The number of benzene rings is 1. The lowest BCUT2D eigenvalue weighted by atomic mass is 9.82. The summed E-state index contributed by atoms with van der Waals surface area (Å²) in [7, 11) is -3.27. The van der Waals surface area contributed by atoms with Crippen LogP contribution in [0.1, 0.15) is 12.0 Å². The molecule has 20 heavy (non-hydrogen) atoms. The summed E-state index contributed by atoms with van der Waals surface area (Å²) in [6.07, 6.45) is 0.150. The van der Waals surface area contributed by atoms with Crippen molar-refractivity contribution in [3.63, 3.8) is 0 Å². The SMILES string of the molecule is N#CC1(Cc2cc(F)cc([N+](=O)[O-])c2)CCS(=O)(=O)C1. The van der Waals surface area contributed by atoms with Gasteiger partial charge in [-0.25, -0.2) is 12.8 Å². The second-order valence-electron chi connectivity index (χ2n) is 4.99. The molecule has 1 fully saturated rings. The van der Waals surface area contributed by atoms with E-state index in [1.807, 2.05) is 6.07 Å². The molecule has 0 N–H and O–H groups in total. The van der Waals surface area contributed by atoms with E-state index in [4.69, 9.17) is 0 Å². The van der Waals surface area contributed by atoms with Gasteiger partial charge in [0.2, 0.25) is 0 Å². The Kier molecular flexibility index (Phi) is 3.48. The van der Waals surface area contributed by atoms with Crippen molar-refractivity contribution in [3.05, 3.63) is 39.7 Å². The topological polar surface area (TPSA) is 101 Å². The Morgan fingerprint density at radius 1 is 1.45 bits per heavy atom. The standard InChI is InChI=1S/C12H11FN2O4S/c13-10-3-9(4-11(5-10)15(16)17)6-12(7-14)1-2-20(18,19)8-12/h3-5H,1-2,6,8H2. The molecule has 1 aliphatic heterocycles. The van der Waals surface area contributed by atoms with Gasteiger partial charge in [-0.05, 0) is 24.5 Å². The number of non-ortho nitro benzene ring substituents is 1. The van der Waals surface area contributed by atoms with E-state index in [0.29, 0.717) is 0 Å². The van der Waals surface area contributed by atoms with Crippen LogP contribution in [-0.4, -0.2) is 24.8 Å². The Labute approximate surface area is 114 Å². The van der Waals surface area contributed by atoms with Gasteiger partial charge in [-0.3, -0.25) is 10.1 Å². The van der Waals surface area contributed by atoms with E-state index >= 15 is 0 Å². The summed E-state index contributed by atoms with van der Waals surface area (Å²) < 4.78 is 36.3. The van der Waals surface area contributed by atoms with Gasteiger partial charge < -0.3 is 0 Å². The molecule has 106 valence electrons. The number of hydrogen-bond donors (Lipinski definition) is 0. The lowest BCUT2D eigenvalue weighted by Crippen LogP contribution is -2.23. The average Bonchev–Trinajstić information content (AvgIpc) is 2.65. The molecule has 1 aromatic carbocycles. The van der Waals surface area contributed by atoms with Crippen molar-refractivity contribution in [2.75, 3.05) is 11.5 Å². The normalized spacial score (nSPS) is 24.2. The van der Waals surface area contributed by atoms with Crippen LogP contribution < -0.4 is 0 Å². The molecule has 1 aromatic rings. The molecule has 0 bridgehead atoms. The summed E-state index contributed by atoms with van der Waals surface area (Å²) in [5.74, 6) is -1.15. The molecule has 1 aliphatic rings. The molecule has 1 unspecified atom stereocenters. The molecule has 1 atom stereocenters. The number of nitriles is 1. The maximum atomic E-state index is 13.3. The first-order valence-corrected chi connectivity index (χ1v) is 7.63. The minimum Gasteiger partial charge on any atom is -0.258 e. The van der Waals surface area contributed by atoms with E-state index < -0.39 is 31.7 Å². The Balaban J connectivity index is 2.34. The molecule has 0 saturated carbocycles. The summed E-state index contributed by atoms with van der Waals surface area (Å²) >= 11 is 0. The van der Waals surface area contributed by atoms with Crippen LogP contribution in [0.3, 0.4) is 0 Å². The summed E-state index contributed by atoms with van der Waals surface area (Å²) in [5.41, 5.74) is -1.27. The van der Waals surface area contributed by atoms with E-state index in [0.717, 1.165) is 12.1 Å². The summed E-state index contributed by atoms with van der Waals surface area (Å²) in [4.78, 5) is 9.95. The Hall–Kier alpha value is -2.01. The van der Waals surface area contributed by atoms with Crippen molar-refractivity contribution in [3.8, 4) is 6.07 Å². The highest BCUT2D eigenvalue weighted by molar-refractivity contribution is 7.91. The van der Waals surface area contributed by atoms with Crippen LogP contribution in [0, 0.1) is 32.7 Å². The molecule has 0 aromatic heterocycles. The summed E-state index contributed by atoms with van der Waals surface area (Å²) in [6.45, 7) is 0. The molecule has 8 heteroatoms. The molecule has 1 heterocycles. The zero-order valence-electron chi connectivity index (χ0n) is 10.4. The van der Waals surface area contributed by atoms with Crippen LogP contribution in [0.2, 0.25) is 0 Å². The number of halogens is 1. The minimum absolute atomic E-state index is 0.0126. The van der Waals surface area contributed by atoms with Crippen molar-refractivity contribution >= 4 is 15.5 Å². The average molecular weight is 298 g/mol. The molecule has 0 amide bonds. The number of nitrogens with zero attached hydrogens (tertiary/aromatic N) is 2. The third-order valence-electron chi connectivity index (χ3n) is 3.32. The lowest BCUT2D eigenvalue weighted by molar-refractivity contribution is -0.385. The van der Waals surface area contributed by atoms with Crippen LogP contribution in [-0.2, 0) is 16.3 Å². The molecule has 0 aliphatic carbocycles. The largest absolute Gasteiger partial charge is 0.272 e. The van der Waals surface area contributed by atoms with E-state index in [1.54, 1.807) is 0 Å². The Morgan fingerprint density at radius 2 is 2.15 bits per heavy atom. The smallest absolute Gasteiger partial charge is 0.258 e. The third kappa shape index (κ3) is 2.93. The van der Waals surface area contributed by atoms with Gasteiger partial charge in [0, 0.05) is 6.07 Å². The lowest BCUT2D eigenvalue weighted by Gasteiger charge is -2.18. The van der Waals surface area contributed by atoms with Crippen LogP contribution in [0.25, 0.3) is 0 Å². The fraction of sp³-hybridized carbons (Fsp3) is 0.417. The Morgan fingerprint density at radius 3 is 2.65 bits per heavy atom. The number of rotatable bonds is 3. The molecular formula is C12H11FN2O4S.